The van der Waals surface area contributed by atoms with E-state index in [1.165, 1.54) is 6.20 Å². The van der Waals surface area contributed by atoms with Gasteiger partial charge in [0, 0.05) is 0 Å². The van der Waals surface area contributed by atoms with Gasteiger partial charge in [-0.15, -0.1) is 0 Å². The van der Waals surface area contributed by atoms with Gasteiger partial charge in [0.15, 0.2) is 0 Å². The van der Waals surface area contributed by atoms with Gasteiger partial charge >= 0.3 is 5.97 Å². The Bertz CT molecular complexity index is 297. The van der Waals surface area contributed by atoms with Gasteiger partial charge in [-0.25, -0.2) is 14.5 Å². The highest BCUT2D eigenvalue weighted by molar-refractivity contribution is 9.10. The van der Waals surface area contributed by atoms with Crippen molar-refractivity contribution in [2.45, 2.75) is 6.92 Å². The fourth-order valence-electron chi connectivity index (χ4n) is 0.710. The summed E-state index contributed by atoms with van der Waals surface area (Å²) in [6.45, 7) is 2.03. The van der Waals surface area contributed by atoms with E-state index in [9.17, 15) is 4.79 Å². The summed E-state index contributed by atoms with van der Waals surface area (Å²) >= 11 is 3.08. The average molecular weight is 234 g/mol. The minimum Gasteiger partial charge on any atom is -0.460 e. The predicted octanol–water partition coefficient (Wildman–Crippen LogP) is 0.536. The van der Waals surface area contributed by atoms with Crippen LogP contribution in [0.2, 0.25) is 0 Å². The van der Waals surface area contributed by atoms with Crippen LogP contribution in [0.1, 0.15) is 17.5 Å². The Labute approximate surface area is 77.6 Å². The second kappa shape index (κ2) is 3.57. The van der Waals surface area contributed by atoms with E-state index in [0.717, 1.165) is 4.68 Å². The van der Waals surface area contributed by atoms with E-state index in [2.05, 4.69) is 20.9 Å². The average Bonchev–Trinajstić information content (AvgIpc) is 2.30. The molecule has 0 aliphatic carbocycles. The number of nitrogens with zero attached hydrogens (tertiary/aromatic N) is 2. The molecule has 0 saturated carbocycles. The van der Waals surface area contributed by atoms with Crippen molar-refractivity contribution in [3.8, 4) is 0 Å². The van der Waals surface area contributed by atoms with Crippen LogP contribution in [0.5, 0.6) is 0 Å². The van der Waals surface area contributed by atoms with E-state index in [4.69, 9.17) is 10.6 Å². The van der Waals surface area contributed by atoms with Crippen molar-refractivity contribution in [3.63, 3.8) is 0 Å². The molecule has 6 heteroatoms. The third-order valence-corrected chi connectivity index (χ3v) is 1.54. The Morgan fingerprint density at radius 1 is 1.92 bits per heavy atom. The Morgan fingerprint density at radius 3 is 3.00 bits per heavy atom. The number of carbonyl (C=O) groups is 1. The first-order valence-electron chi connectivity index (χ1n) is 3.32. The van der Waals surface area contributed by atoms with Gasteiger partial charge in [0.2, 0.25) is 5.82 Å². The SMILES string of the molecule is CCOC(=O)c1nc(Br)cn1N. The molecule has 5 nitrogen and oxygen atoms in total. The van der Waals surface area contributed by atoms with Gasteiger partial charge in [-0.1, -0.05) is 0 Å². The highest BCUT2D eigenvalue weighted by atomic mass is 79.9. The van der Waals surface area contributed by atoms with Gasteiger partial charge in [-0.05, 0) is 22.9 Å². The largest absolute Gasteiger partial charge is 0.460 e. The van der Waals surface area contributed by atoms with Crippen LogP contribution >= 0.6 is 15.9 Å². The van der Waals surface area contributed by atoms with E-state index < -0.39 is 5.97 Å². The van der Waals surface area contributed by atoms with Crippen LogP contribution < -0.4 is 5.84 Å². The topological polar surface area (TPSA) is 70.1 Å². The summed E-state index contributed by atoms with van der Waals surface area (Å²) in [5.41, 5.74) is 0. The van der Waals surface area contributed by atoms with Gasteiger partial charge in [-0.3, -0.25) is 0 Å². The number of nitrogen functional groups attached to an aromatic ring is 1. The Hall–Kier alpha value is -1.04. The Balaban J connectivity index is 2.87. The summed E-state index contributed by atoms with van der Waals surface area (Å²) in [4.78, 5) is 14.9. The van der Waals surface area contributed by atoms with Gasteiger partial charge in [0.05, 0.1) is 12.8 Å². The van der Waals surface area contributed by atoms with Crippen molar-refractivity contribution >= 4 is 21.9 Å². The molecule has 0 atom stereocenters. The fraction of sp³-hybridized carbons (Fsp3) is 0.333. The van der Waals surface area contributed by atoms with Crippen LogP contribution in [-0.4, -0.2) is 22.2 Å². The molecular weight excluding hydrogens is 226 g/mol. The molecule has 0 aliphatic rings. The number of halogens is 1. The number of rotatable bonds is 2. The molecule has 0 unspecified atom stereocenters. The number of carbonyl (C=O) groups excluding carboxylic acids is 1. The van der Waals surface area contributed by atoms with Crippen molar-refractivity contribution in [2.75, 3.05) is 12.4 Å². The zero-order valence-electron chi connectivity index (χ0n) is 6.45. The van der Waals surface area contributed by atoms with Crippen LogP contribution in [0.4, 0.5) is 0 Å². The Kier molecular flexibility index (Phi) is 2.69. The molecule has 0 spiro atoms. The molecule has 0 aliphatic heterocycles. The molecular formula is C6H8BrN3O2. The monoisotopic (exact) mass is 233 g/mol. The summed E-state index contributed by atoms with van der Waals surface area (Å²) in [6.07, 6.45) is 1.48. The van der Waals surface area contributed by atoms with Crippen LogP contribution in [0.15, 0.2) is 10.8 Å². The molecule has 1 aromatic rings. The second-order valence-corrected chi connectivity index (χ2v) is 2.83. The first-order chi connectivity index (χ1) is 5.65. The molecule has 0 aromatic carbocycles. The lowest BCUT2D eigenvalue weighted by Crippen LogP contribution is -2.18. The maximum absolute atomic E-state index is 11.1. The molecule has 0 amide bonds. The summed E-state index contributed by atoms with van der Waals surface area (Å²) in [6, 6.07) is 0. The number of ether oxygens (including phenoxy) is 1. The van der Waals surface area contributed by atoms with Gasteiger partial charge in [0.25, 0.3) is 0 Å². The minimum absolute atomic E-state index is 0.0868. The third-order valence-electron chi connectivity index (χ3n) is 1.16. The van der Waals surface area contributed by atoms with E-state index in [0.29, 0.717) is 11.2 Å². The van der Waals surface area contributed by atoms with Crippen molar-refractivity contribution in [1.29, 1.82) is 0 Å². The lowest BCUT2D eigenvalue weighted by Gasteiger charge is -1.99. The zero-order valence-corrected chi connectivity index (χ0v) is 8.04. The fourth-order valence-corrected chi connectivity index (χ4v) is 1.10. The molecule has 2 N–H and O–H groups in total. The van der Waals surface area contributed by atoms with Gasteiger partial charge in [0.1, 0.15) is 4.60 Å². The smallest absolute Gasteiger partial charge is 0.376 e. The first kappa shape index (κ1) is 9.05. The number of hydrogen-bond donors (Lipinski definition) is 1. The van der Waals surface area contributed by atoms with Gasteiger partial charge in [-0.2, -0.15) is 0 Å². The summed E-state index contributed by atoms with van der Waals surface area (Å²) in [7, 11) is 0. The van der Waals surface area contributed by atoms with Crippen LogP contribution in [0, 0.1) is 0 Å². The zero-order chi connectivity index (χ0) is 9.14. The maximum atomic E-state index is 11.1. The summed E-state index contributed by atoms with van der Waals surface area (Å²) < 4.78 is 6.32. The van der Waals surface area contributed by atoms with Crippen molar-refractivity contribution < 1.29 is 9.53 Å². The van der Waals surface area contributed by atoms with Crippen molar-refractivity contribution in [2.24, 2.45) is 0 Å². The van der Waals surface area contributed by atoms with E-state index >= 15 is 0 Å². The van der Waals surface area contributed by atoms with Crippen LogP contribution in [0.25, 0.3) is 0 Å². The summed E-state index contributed by atoms with van der Waals surface area (Å²) in [5.74, 6) is 4.96. The standard InChI is InChI=1S/C6H8BrN3O2/c1-2-12-6(11)5-9-4(7)3-10(5)8/h3H,2,8H2,1H3. The normalized spacial score (nSPS) is 9.83. The number of hydrogen-bond acceptors (Lipinski definition) is 4. The highest BCUT2D eigenvalue weighted by Gasteiger charge is 2.13. The summed E-state index contributed by atoms with van der Waals surface area (Å²) in [5, 5.41) is 0. The first-order valence-corrected chi connectivity index (χ1v) is 4.11. The van der Waals surface area contributed by atoms with Crippen LogP contribution in [-0.2, 0) is 4.74 Å². The third kappa shape index (κ3) is 1.76. The van der Waals surface area contributed by atoms with Crippen molar-refractivity contribution in [1.82, 2.24) is 9.66 Å². The molecule has 0 fully saturated rings. The predicted molar refractivity (Wildman–Crippen MR) is 46.0 cm³/mol. The van der Waals surface area contributed by atoms with Gasteiger partial charge < -0.3 is 10.6 Å². The molecule has 66 valence electrons. The minimum atomic E-state index is -0.523. The van der Waals surface area contributed by atoms with E-state index in [1.54, 1.807) is 6.92 Å². The molecule has 1 aromatic heterocycles. The number of imidazole rings is 1. The quantitative estimate of drug-likeness (QED) is 0.598. The second-order valence-electron chi connectivity index (χ2n) is 2.01. The highest BCUT2D eigenvalue weighted by Crippen LogP contribution is 2.07. The number of nitrogens with two attached hydrogens (primary N) is 1. The molecule has 0 radical (unpaired) electrons. The molecule has 1 heterocycles. The lowest BCUT2D eigenvalue weighted by molar-refractivity contribution is 0.0509. The van der Waals surface area contributed by atoms with E-state index in [-0.39, 0.29) is 5.82 Å². The molecule has 0 bridgehead atoms. The van der Waals surface area contributed by atoms with Crippen molar-refractivity contribution in [3.05, 3.63) is 16.6 Å². The van der Waals surface area contributed by atoms with Crippen LogP contribution in [0.3, 0.4) is 0 Å². The molecule has 0 saturated heterocycles. The number of esters is 1. The molecule has 12 heavy (non-hydrogen) atoms. The number of aromatic nitrogens is 2. The Morgan fingerprint density at radius 2 is 2.58 bits per heavy atom. The molecule has 1 rings (SSSR count). The maximum Gasteiger partial charge on any atom is 0.376 e. The van der Waals surface area contributed by atoms with E-state index in [1.807, 2.05) is 0 Å². The lowest BCUT2D eigenvalue weighted by atomic mass is 10.6.